The molecule has 29 heavy (non-hydrogen) atoms. The van der Waals surface area contributed by atoms with E-state index in [1.807, 2.05) is 0 Å². The van der Waals surface area contributed by atoms with Gasteiger partial charge < -0.3 is 4.48 Å². The van der Waals surface area contributed by atoms with E-state index < -0.39 is 0 Å². The monoisotopic (exact) mass is 409 g/mol. The topological polar surface area (TPSA) is 37.4 Å². The predicted molar refractivity (Wildman–Crippen MR) is 123 cm³/mol. The number of hydrogen-bond donors (Lipinski definition) is 0. The average Bonchev–Trinajstić information content (AvgIpc) is 3.00. The van der Waals surface area contributed by atoms with Gasteiger partial charge in [-0.2, -0.15) is 0 Å². The Morgan fingerprint density at radius 2 is 1.00 bits per heavy atom. The van der Waals surface area contributed by atoms with Crippen LogP contribution in [0.3, 0.4) is 0 Å². The van der Waals surface area contributed by atoms with Gasteiger partial charge in [-0.1, -0.05) is 84.0 Å². The number of unbranched alkanes of at least 4 members (excludes halogenated alkanes) is 13. The number of carbonyl (C=O) groups excluding carboxylic acids is 2. The molecule has 0 aliphatic carbocycles. The van der Waals surface area contributed by atoms with Crippen LogP contribution in [0.25, 0.3) is 0 Å². The second kappa shape index (κ2) is 15.9. The summed E-state index contributed by atoms with van der Waals surface area (Å²) in [5, 5.41) is 0. The smallest absolute Gasteiger partial charge is 0.229 e. The van der Waals surface area contributed by atoms with Crippen LogP contribution >= 0.6 is 0 Å². The summed E-state index contributed by atoms with van der Waals surface area (Å²) in [5.41, 5.74) is 0. The van der Waals surface area contributed by atoms with Crippen molar-refractivity contribution in [2.75, 3.05) is 33.7 Å². The first-order valence-electron chi connectivity index (χ1n) is 12.6. The summed E-state index contributed by atoms with van der Waals surface area (Å²) in [6.45, 7) is 5.12. The van der Waals surface area contributed by atoms with Gasteiger partial charge in [0.2, 0.25) is 11.8 Å². The van der Waals surface area contributed by atoms with Crippen molar-refractivity contribution in [3.05, 3.63) is 0 Å². The van der Waals surface area contributed by atoms with E-state index in [1.165, 1.54) is 101 Å². The molecule has 0 aromatic heterocycles. The third-order valence-corrected chi connectivity index (χ3v) is 6.42. The molecule has 0 spiro atoms. The summed E-state index contributed by atoms with van der Waals surface area (Å²) in [4.78, 5) is 24.8. The number of quaternary nitrogens is 1. The first-order valence-corrected chi connectivity index (χ1v) is 12.6. The predicted octanol–water partition coefficient (Wildman–Crippen LogP) is 6.08. The van der Waals surface area contributed by atoms with E-state index in [2.05, 4.69) is 21.0 Å². The van der Waals surface area contributed by atoms with Crippen LogP contribution in [0.1, 0.15) is 116 Å². The third-order valence-electron chi connectivity index (χ3n) is 6.42. The van der Waals surface area contributed by atoms with Crippen LogP contribution in [0, 0.1) is 0 Å². The Kier molecular flexibility index (Phi) is 14.3. The molecule has 4 heteroatoms. The van der Waals surface area contributed by atoms with Gasteiger partial charge in [0.25, 0.3) is 0 Å². The van der Waals surface area contributed by atoms with Crippen LogP contribution in [-0.2, 0) is 9.59 Å². The summed E-state index contributed by atoms with van der Waals surface area (Å²) in [7, 11) is 4.55. The highest BCUT2D eigenvalue weighted by atomic mass is 16.2. The summed E-state index contributed by atoms with van der Waals surface area (Å²) >= 11 is 0. The Bertz CT molecular complexity index is 432. The number of nitrogens with zero attached hydrogens (tertiary/aromatic N) is 2. The van der Waals surface area contributed by atoms with Crippen molar-refractivity contribution in [3.63, 3.8) is 0 Å². The normalized spacial score (nSPS) is 14.9. The zero-order valence-electron chi connectivity index (χ0n) is 19.9. The standard InChI is InChI=1S/C25H49N2O2/c1-4-5-6-7-8-9-10-11-12-13-14-15-16-17-22-27(2,3)23-18-21-26-24(28)19-20-25(26)29/h4-23H2,1-3H3/q+1. The minimum atomic E-state index is 0.0206. The molecule has 1 aliphatic rings. The molecule has 0 bridgehead atoms. The van der Waals surface area contributed by atoms with Crippen LogP contribution in [0.5, 0.6) is 0 Å². The van der Waals surface area contributed by atoms with Crippen molar-refractivity contribution < 1.29 is 14.1 Å². The van der Waals surface area contributed by atoms with Gasteiger partial charge in [0.1, 0.15) is 0 Å². The number of carbonyl (C=O) groups is 2. The maximum atomic E-state index is 11.7. The van der Waals surface area contributed by atoms with Crippen molar-refractivity contribution >= 4 is 11.8 Å². The summed E-state index contributed by atoms with van der Waals surface area (Å²) in [6, 6.07) is 0. The lowest BCUT2D eigenvalue weighted by Gasteiger charge is -2.30. The fourth-order valence-electron chi connectivity index (χ4n) is 4.38. The van der Waals surface area contributed by atoms with Gasteiger partial charge in [-0.25, -0.2) is 0 Å². The molecule has 1 saturated heterocycles. The van der Waals surface area contributed by atoms with Gasteiger partial charge in [0, 0.05) is 25.8 Å². The first-order chi connectivity index (χ1) is 14.0. The fraction of sp³-hybridized carbons (Fsp3) is 0.920. The van der Waals surface area contributed by atoms with E-state index in [-0.39, 0.29) is 11.8 Å². The Morgan fingerprint density at radius 1 is 0.621 bits per heavy atom. The van der Waals surface area contributed by atoms with Crippen LogP contribution < -0.4 is 0 Å². The highest BCUT2D eigenvalue weighted by molar-refractivity contribution is 6.01. The second-order valence-electron chi connectivity index (χ2n) is 9.77. The van der Waals surface area contributed by atoms with Crippen molar-refractivity contribution in [1.29, 1.82) is 0 Å². The molecule has 0 unspecified atom stereocenters. The minimum Gasteiger partial charge on any atom is -0.328 e. The Labute approximate surface area is 181 Å². The second-order valence-corrected chi connectivity index (χ2v) is 9.77. The van der Waals surface area contributed by atoms with Gasteiger partial charge in [-0.15, -0.1) is 0 Å². The largest absolute Gasteiger partial charge is 0.328 e. The first kappa shape index (κ1) is 26.1. The molecule has 1 rings (SSSR count). The molecule has 170 valence electrons. The zero-order valence-corrected chi connectivity index (χ0v) is 19.9. The van der Waals surface area contributed by atoms with Crippen LogP contribution in [0.4, 0.5) is 0 Å². The van der Waals surface area contributed by atoms with Gasteiger partial charge >= 0.3 is 0 Å². The SMILES string of the molecule is CCCCCCCCCCCCCCCC[N+](C)(C)CCCN1C(=O)CCC1=O. The molecule has 0 radical (unpaired) electrons. The van der Waals surface area contributed by atoms with Crippen molar-refractivity contribution in [2.45, 2.75) is 116 Å². The molecule has 0 atom stereocenters. The van der Waals surface area contributed by atoms with E-state index in [0.29, 0.717) is 19.4 Å². The molecule has 1 aliphatic heterocycles. The van der Waals surface area contributed by atoms with Crippen molar-refractivity contribution in [2.24, 2.45) is 0 Å². The van der Waals surface area contributed by atoms with Gasteiger partial charge in [-0.3, -0.25) is 14.5 Å². The van der Waals surface area contributed by atoms with E-state index in [4.69, 9.17) is 0 Å². The lowest BCUT2D eigenvalue weighted by molar-refractivity contribution is -0.890. The number of amides is 2. The minimum absolute atomic E-state index is 0.0206. The molecule has 0 N–H and O–H groups in total. The number of likely N-dealkylation sites (tertiary alicyclic amines) is 1. The number of imide groups is 1. The molecule has 2 amide bonds. The van der Waals surface area contributed by atoms with Gasteiger partial charge in [0.15, 0.2) is 0 Å². The molecule has 1 fully saturated rings. The lowest BCUT2D eigenvalue weighted by atomic mass is 10.0. The summed E-state index contributed by atoms with van der Waals surface area (Å²) < 4.78 is 0.995. The Balaban J connectivity index is 1.88. The number of rotatable bonds is 19. The zero-order chi connectivity index (χ0) is 21.4. The molecular formula is C25H49N2O2+. The molecule has 0 saturated carbocycles. The average molecular weight is 410 g/mol. The van der Waals surface area contributed by atoms with E-state index in [1.54, 1.807) is 0 Å². The highest BCUT2D eigenvalue weighted by Gasteiger charge is 2.28. The van der Waals surface area contributed by atoms with Crippen LogP contribution in [0.2, 0.25) is 0 Å². The summed E-state index contributed by atoms with van der Waals surface area (Å²) in [5.74, 6) is 0.0413. The van der Waals surface area contributed by atoms with Crippen molar-refractivity contribution in [3.8, 4) is 0 Å². The highest BCUT2D eigenvalue weighted by Crippen LogP contribution is 2.15. The van der Waals surface area contributed by atoms with Gasteiger partial charge in [-0.05, 0) is 12.8 Å². The summed E-state index contributed by atoms with van der Waals surface area (Å²) in [6.07, 6.45) is 21.3. The molecule has 0 aromatic rings. The van der Waals surface area contributed by atoms with Crippen molar-refractivity contribution in [1.82, 2.24) is 4.90 Å². The quantitative estimate of drug-likeness (QED) is 0.147. The molecular weight excluding hydrogens is 360 g/mol. The van der Waals surface area contributed by atoms with E-state index in [9.17, 15) is 9.59 Å². The van der Waals surface area contributed by atoms with E-state index in [0.717, 1.165) is 17.4 Å². The Morgan fingerprint density at radius 3 is 1.45 bits per heavy atom. The third kappa shape index (κ3) is 13.1. The molecule has 0 aromatic carbocycles. The maximum absolute atomic E-state index is 11.7. The van der Waals surface area contributed by atoms with Gasteiger partial charge in [0.05, 0.1) is 27.2 Å². The molecule has 1 heterocycles. The van der Waals surface area contributed by atoms with Crippen LogP contribution in [-0.4, -0.2) is 54.9 Å². The Hall–Kier alpha value is -0.900. The van der Waals surface area contributed by atoms with E-state index >= 15 is 0 Å². The maximum Gasteiger partial charge on any atom is 0.229 e. The molecule has 4 nitrogen and oxygen atoms in total. The number of hydrogen-bond acceptors (Lipinski definition) is 2. The lowest BCUT2D eigenvalue weighted by Crippen LogP contribution is -2.43. The fourth-order valence-corrected chi connectivity index (χ4v) is 4.38. The van der Waals surface area contributed by atoms with Crippen LogP contribution in [0.15, 0.2) is 0 Å².